The number of rotatable bonds is 6. The third kappa shape index (κ3) is 4.30. The predicted molar refractivity (Wildman–Crippen MR) is 77.6 cm³/mol. The molecule has 0 amide bonds. The lowest BCUT2D eigenvalue weighted by Gasteiger charge is -2.12. The van der Waals surface area contributed by atoms with Crippen molar-refractivity contribution in [3.63, 3.8) is 0 Å². The Morgan fingerprint density at radius 2 is 2.12 bits per heavy atom. The van der Waals surface area contributed by atoms with Crippen molar-refractivity contribution in [1.29, 1.82) is 0 Å². The fourth-order valence-corrected chi connectivity index (χ4v) is 3.13. The third-order valence-corrected chi connectivity index (χ3v) is 4.71. The summed E-state index contributed by atoms with van der Waals surface area (Å²) >= 11 is 5.36. The van der Waals surface area contributed by atoms with E-state index in [9.17, 15) is 5.11 Å². The molecule has 0 spiro atoms. The van der Waals surface area contributed by atoms with Gasteiger partial charge in [-0.15, -0.1) is 0 Å². The van der Waals surface area contributed by atoms with Crippen LogP contribution < -0.4 is 0 Å². The van der Waals surface area contributed by atoms with Crippen LogP contribution in [0.5, 0.6) is 0 Å². The van der Waals surface area contributed by atoms with Gasteiger partial charge in [0.25, 0.3) is 0 Å². The molecule has 0 saturated heterocycles. The van der Waals surface area contributed by atoms with E-state index in [1.807, 2.05) is 11.7 Å². The van der Waals surface area contributed by atoms with E-state index in [2.05, 4.69) is 41.8 Å². The van der Waals surface area contributed by atoms with E-state index < -0.39 is 0 Å². The van der Waals surface area contributed by atoms with Crippen LogP contribution in [0.15, 0.2) is 4.47 Å². The summed E-state index contributed by atoms with van der Waals surface area (Å²) in [7, 11) is 1.93. The van der Waals surface area contributed by atoms with Crippen molar-refractivity contribution in [2.45, 2.75) is 45.0 Å². The molecule has 5 heteroatoms. The van der Waals surface area contributed by atoms with Crippen LogP contribution in [0.3, 0.4) is 0 Å². The second-order valence-electron chi connectivity index (χ2n) is 4.42. The summed E-state index contributed by atoms with van der Waals surface area (Å²) in [6, 6.07) is 0. The maximum Gasteiger partial charge on any atom is 0.0766 e. The summed E-state index contributed by atoms with van der Waals surface area (Å²) in [6.07, 6.45) is 1.26. The molecule has 3 nitrogen and oxygen atoms in total. The van der Waals surface area contributed by atoms with Gasteiger partial charge in [-0.2, -0.15) is 16.9 Å². The fourth-order valence-electron chi connectivity index (χ4n) is 1.63. The van der Waals surface area contributed by atoms with Crippen molar-refractivity contribution in [2.75, 3.05) is 5.75 Å². The minimum atomic E-state index is -0.307. The average Bonchev–Trinajstić information content (AvgIpc) is 2.53. The zero-order valence-corrected chi connectivity index (χ0v) is 13.3. The minimum Gasteiger partial charge on any atom is -0.392 e. The number of hydrogen-bond acceptors (Lipinski definition) is 3. The number of aromatic nitrogens is 2. The molecule has 1 atom stereocenters. The maximum absolute atomic E-state index is 10.00. The Bertz CT molecular complexity index is 366. The number of nitrogens with zero attached hydrogens (tertiary/aromatic N) is 2. The largest absolute Gasteiger partial charge is 0.392 e. The molecule has 1 heterocycles. The number of hydrogen-bond donors (Lipinski definition) is 1. The number of aliphatic hydroxyl groups is 1. The summed E-state index contributed by atoms with van der Waals surface area (Å²) in [5.74, 6) is 0.775. The van der Waals surface area contributed by atoms with Crippen molar-refractivity contribution >= 4 is 27.7 Å². The molecule has 98 valence electrons. The molecule has 17 heavy (non-hydrogen) atoms. The van der Waals surface area contributed by atoms with Crippen molar-refractivity contribution in [1.82, 2.24) is 9.78 Å². The van der Waals surface area contributed by atoms with E-state index in [4.69, 9.17) is 0 Å². The Labute approximate surface area is 116 Å². The number of thioether (sulfide) groups is 1. The molecule has 0 aromatic carbocycles. The first-order valence-corrected chi connectivity index (χ1v) is 7.79. The Morgan fingerprint density at radius 1 is 1.47 bits per heavy atom. The van der Waals surface area contributed by atoms with Crippen LogP contribution in [0, 0.1) is 0 Å². The molecular weight excluding hydrogens is 300 g/mol. The Morgan fingerprint density at radius 3 is 2.59 bits per heavy atom. The maximum atomic E-state index is 10.00. The Balaban J connectivity index is 2.64. The third-order valence-electron chi connectivity index (χ3n) is 2.55. The molecule has 0 saturated carbocycles. The first-order valence-electron chi connectivity index (χ1n) is 5.95. The second kappa shape index (κ2) is 6.81. The lowest BCUT2D eigenvalue weighted by Crippen LogP contribution is -2.17. The first-order chi connectivity index (χ1) is 7.95. The molecular formula is C12H21BrN2OS. The van der Waals surface area contributed by atoms with Gasteiger partial charge in [0.15, 0.2) is 0 Å². The standard InChI is InChI=1S/C12H21BrN2OS/c1-5-10-12(13)11(15(4)14-10)6-9(16)7-17-8(2)3/h8-9,16H,5-7H2,1-4H3. The van der Waals surface area contributed by atoms with Crippen LogP contribution in [-0.4, -0.2) is 32.0 Å². The fraction of sp³-hybridized carbons (Fsp3) is 0.750. The smallest absolute Gasteiger partial charge is 0.0766 e. The van der Waals surface area contributed by atoms with Gasteiger partial charge in [-0.1, -0.05) is 20.8 Å². The van der Waals surface area contributed by atoms with Crippen molar-refractivity contribution in [3.05, 3.63) is 15.9 Å². The van der Waals surface area contributed by atoms with E-state index in [1.54, 1.807) is 11.8 Å². The highest BCUT2D eigenvalue weighted by molar-refractivity contribution is 9.10. The SMILES string of the molecule is CCc1nn(C)c(CC(O)CSC(C)C)c1Br. The highest BCUT2D eigenvalue weighted by Gasteiger charge is 2.16. The van der Waals surface area contributed by atoms with Gasteiger partial charge in [0.1, 0.15) is 0 Å². The molecule has 1 unspecified atom stereocenters. The number of aliphatic hydroxyl groups excluding tert-OH is 1. The molecule has 1 aromatic rings. The van der Waals surface area contributed by atoms with Gasteiger partial charge in [-0.05, 0) is 27.6 Å². The number of aryl methyl sites for hydroxylation is 2. The lowest BCUT2D eigenvalue weighted by atomic mass is 10.2. The van der Waals surface area contributed by atoms with Gasteiger partial charge in [0, 0.05) is 19.2 Å². The lowest BCUT2D eigenvalue weighted by molar-refractivity contribution is 0.197. The van der Waals surface area contributed by atoms with Crippen LogP contribution in [0.2, 0.25) is 0 Å². The predicted octanol–water partition coefficient (Wildman–Crippen LogP) is 2.79. The van der Waals surface area contributed by atoms with Gasteiger partial charge >= 0.3 is 0 Å². The number of halogens is 1. The van der Waals surface area contributed by atoms with Gasteiger partial charge < -0.3 is 5.11 Å². The molecule has 0 radical (unpaired) electrons. The van der Waals surface area contributed by atoms with E-state index in [0.717, 1.165) is 28.0 Å². The quantitative estimate of drug-likeness (QED) is 0.875. The Kier molecular flexibility index (Phi) is 6.03. The average molecular weight is 321 g/mol. The van der Waals surface area contributed by atoms with Crippen LogP contribution in [0.25, 0.3) is 0 Å². The molecule has 1 rings (SSSR count). The summed E-state index contributed by atoms with van der Waals surface area (Å²) in [4.78, 5) is 0. The van der Waals surface area contributed by atoms with Crippen LogP contribution in [-0.2, 0) is 19.9 Å². The van der Waals surface area contributed by atoms with Gasteiger partial charge in [0.05, 0.1) is 22.0 Å². The van der Waals surface area contributed by atoms with Crippen LogP contribution in [0.1, 0.15) is 32.2 Å². The van der Waals surface area contributed by atoms with E-state index in [-0.39, 0.29) is 6.10 Å². The van der Waals surface area contributed by atoms with Gasteiger partial charge in [-0.25, -0.2) is 0 Å². The molecule has 1 aromatic heterocycles. The summed E-state index contributed by atoms with van der Waals surface area (Å²) in [6.45, 7) is 6.38. The summed E-state index contributed by atoms with van der Waals surface area (Å²) in [5.41, 5.74) is 2.14. The second-order valence-corrected chi connectivity index (χ2v) is 6.83. The van der Waals surface area contributed by atoms with Crippen molar-refractivity contribution in [2.24, 2.45) is 7.05 Å². The topological polar surface area (TPSA) is 38.0 Å². The molecule has 0 bridgehead atoms. The van der Waals surface area contributed by atoms with E-state index >= 15 is 0 Å². The highest BCUT2D eigenvalue weighted by atomic mass is 79.9. The monoisotopic (exact) mass is 320 g/mol. The first kappa shape index (κ1) is 15.1. The van der Waals surface area contributed by atoms with E-state index in [0.29, 0.717) is 11.7 Å². The molecule has 0 aliphatic rings. The zero-order valence-electron chi connectivity index (χ0n) is 10.9. The van der Waals surface area contributed by atoms with Crippen LogP contribution >= 0.6 is 27.7 Å². The molecule has 0 aliphatic carbocycles. The Hall–Kier alpha value is -0.000000000000000111. The highest BCUT2D eigenvalue weighted by Crippen LogP contribution is 2.23. The molecule has 0 aliphatic heterocycles. The van der Waals surface area contributed by atoms with Crippen molar-refractivity contribution in [3.8, 4) is 0 Å². The van der Waals surface area contributed by atoms with Gasteiger partial charge in [0.2, 0.25) is 0 Å². The summed E-state index contributed by atoms with van der Waals surface area (Å²) in [5, 5.41) is 15.0. The molecule has 1 N–H and O–H groups in total. The molecule has 0 fully saturated rings. The normalized spacial score (nSPS) is 13.4. The van der Waals surface area contributed by atoms with E-state index in [1.165, 1.54) is 0 Å². The minimum absolute atomic E-state index is 0.307. The van der Waals surface area contributed by atoms with Crippen molar-refractivity contribution < 1.29 is 5.11 Å². The summed E-state index contributed by atoms with van der Waals surface area (Å²) < 4.78 is 2.92. The van der Waals surface area contributed by atoms with Crippen LogP contribution in [0.4, 0.5) is 0 Å². The van der Waals surface area contributed by atoms with Gasteiger partial charge in [-0.3, -0.25) is 4.68 Å². The zero-order chi connectivity index (χ0) is 13.0.